The van der Waals surface area contributed by atoms with E-state index < -0.39 is 6.09 Å². The van der Waals surface area contributed by atoms with E-state index in [1.165, 1.54) is 4.31 Å². The highest BCUT2D eigenvalue weighted by Crippen LogP contribution is 2.07. The maximum absolute atomic E-state index is 11.2. The molecule has 3 nitrogen and oxygen atoms in total. The molecule has 4 heteroatoms. The van der Waals surface area contributed by atoms with Gasteiger partial charge < -0.3 is 4.74 Å². The number of carbonyl (C=O) groups excluding carboxylic acids is 1. The van der Waals surface area contributed by atoms with Gasteiger partial charge in [0.2, 0.25) is 0 Å². The molecule has 0 radical (unpaired) electrons. The van der Waals surface area contributed by atoms with Crippen molar-refractivity contribution in [2.75, 3.05) is 6.61 Å². The van der Waals surface area contributed by atoms with Gasteiger partial charge in [-0.1, -0.05) is 43.1 Å². The number of hydrogen-bond acceptors (Lipinski definition) is 3. The molecule has 0 spiro atoms. The van der Waals surface area contributed by atoms with Crippen LogP contribution in [0.4, 0.5) is 4.79 Å². The van der Waals surface area contributed by atoms with Crippen molar-refractivity contribution >= 4 is 18.9 Å². The molecule has 0 fully saturated rings. The van der Waals surface area contributed by atoms with Crippen LogP contribution in [-0.2, 0) is 11.3 Å². The van der Waals surface area contributed by atoms with Gasteiger partial charge >= 0.3 is 6.09 Å². The first-order chi connectivity index (χ1) is 6.74. The molecule has 0 saturated heterocycles. The largest absolute Gasteiger partial charge is 0.449 e. The van der Waals surface area contributed by atoms with Crippen LogP contribution in [0.15, 0.2) is 30.3 Å². The molecular weight excluding hydrogens is 198 g/mol. The molecule has 14 heavy (non-hydrogen) atoms. The minimum absolute atomic E-state index is 0.366. The molecule has 0 atom stereocenters. The van der Waals surface area contributed by atoms with Gasteiger partial charge in [0.15, 0.2) is 0 Å². The molecule has 0 aliphatic carbocycles. The predicted octanol–water partition coefficient (Wildman–Crippen LogP) is 2.49. The first-order valence-electron chi connectivity index (χ1n) is 4.41. The van der Waals surface area contributed by atoms with Gasteiger partial charge in [-0.3, -0.25) is 0 Å². The zero-order chi connectivity index (χ0) is 10.4. The van der Waals surface area contributed by atoms with Gasteiger partial charge in [0.25, 0.3) is 0 Å². The predicted molar refractivity (Wildman–Crippen MR) is 58.0 cm³/mol. The number of hydrogen-bond donors (Lipinski definition) is 1. The first kappa shape index (κ1) is 10.9. The van der Waals surface area contributed by atoms with Gasteiger partial charge in [-0.15, -0.1) is 0 Å². The number of nitrogens with zero attached hydrogens (tertiary/aromatic N) is 1. The molecule has 0 heterocycles. The molecule has 0 aliphatic rings. The Labute approximate surface area is 89.2 Å². The Hall–Kier alpha value is -1.16. The van der Waals surface area contributed by atoms with Gasteiger partial charge in [-0.2, -0.15) is 0 Å². The van der Waals surface area contributed by atoms with Crippen molar-refractivity contribution in [1.82, 2.24) is 4.31 Å². The summed E-state index contributed by atoms with van der Waals surface area (Å²) < 4.78 is 6.04. The zero-order valence-corrected chi connectivity index (χ0v) is 8.91. The Kier molecular flexibility index (Phi) is 4.32. The SMILES string of the molecule is CCOC(=O)N(S)Cc1ccccc1. The second-order valence-electron chi connectivity index (χ2n) is 2.74. The molecule has 0 unspecified atom stereocenters. The van der Waals surface area contributed by atoms with E-state index in [1.807, 2.05) is 30.3 Å². The molecule has 0 aromatic heterocycles. The van der Waals surface area contributed by atoms with Crippen LogP contribution in [0.2, 0.25) is 0 Å². The van der Waals surface area contributed by atoms with Crippen LogP contribution >= 0.6 is 12.8 Å². The molecular formula is C10H13NO2S. The number of ether oxygens (including phenoxy) is 1. The number of benzene rings is 1. The van der Waals surface area contributed by atoms with E-state index in [-0.39, 0.29) is 0 Å². The lowest BCUT2D eigenvalue weighted by atomic mass is 10.2. The Bertz CT molecular complexity index is 289. The van der Waals surface area contributed by atoms with E-state index in [1.54, 1.807) is 6.92 Å². The van der Waals surface area contributed by atoms with E-state index in [0.29, 0.717) is 13.2 Å². The molecule has 1 rings (SSSR count). The third kappa shape index (κ3) is 3.30. The molecule has 1 aromatic rings. The van der Waals surface area contributed by atoms with Crippen LogP contribution in [-0.4, -0.2) is 17.0 Å². The number of amides is 1. The molecule has 0 N–H and O–H groups in total. The van der Waals surface area contributed by atoms with Gasteiger partial charge in [0, 0.05) is 0 Å². The Morgan fingerprint density at radius 2 is 2.07 bits per heavy atom. The molecule has 0 saturated carbocycles. The normalized spacial score (nSPS) is 9.57. The first-order valence-corrected chi connectivity index (χ1v) is 4.81. The fourth-order valence-corrected chi connectivity index (χ4v) is 1.24. The van der Waals surface area contributed by atoms with Crippen molar-refractivity contribution in [3.63, 3.8) is 0 Å². The Morgan fingerprint density at radius 1 is 1.43 bits per heavy atom. The maximum Gasteiger partial charge on any atom is 0.419 e. The number of rotatable bonds is 3. The fourth-order valence-electron chi connectivity index (χ4n) is 1.02. The lowest BCUT2D eigenvalue weighted by Crippen LogP contribution is -2.22. The van der Waals surface area contributed by atoms with Crippen molar-refractivity contribution in [2.24, 2.45) is 0 Å². The quantitative estimate of drug-likeness (QED) is 0.778. The minimum Gasteiger partial charge on any atom is -0.449 e. The molecule has 76 valence electrons. The summed E-state index contributed by atoms with van der Waals surface area (Å²) in [7, 11) is 0. The summed E-state index contributed by atoms with van der Waals surface area (Å²) in [5.74, 6) is 0. The zero-order valence-electron chi connectivity index (χ0n) is 8.01. The van der Waals surface area contributed by atoms with Crippen molar-refractivity contribution in [1.29, 1.82) is 0 Å². The van der Waals surface area contributed by atoms with Gasteiger partial charge in [-0.25, -0.2) is 9.10 Å². The van der Waals surface area contributed by atoms with Crippen LogP contribution in [0.25, 0.3) is 0 Å². The van der Waals surface area contributed by atoms with E-state index in [2.05, 4.69) is 12.8 Å². The lowest BCUT2D eigenvalue weighted by molar-refractivity contribution is 0.133. The summed E-state index contributed by atoms with van der Waals surface area (Å²) in [5.41, 5.74) is 1.02. The maximum atomic E-state index is 11.2. The molecule has 0 aliphatic heterocycles. The second-order valence-corrected chi connectivity index (χ2v) is 3.23. The van der Waals surface area contributed by atoms with Crippen molar-refractivity contribution in [2.45, 2.75) is 13.5 Å². The van der Waals surface area contributed by atoms with Crippen LogP contribution < -0.4 is 0 Å². The van der Waals surface area contributed by atoms with E-state index in [0.717, 1.165) is 5.56 Å². The third-order valence-electron chi connectivity index (χ3n) is 1.65. The summed E-state index contributed by atoms with van der Waals surface area (Å²) in [6.45, 7) is 2.58. The van der Waals surface area contributed by atoms with Gasteiger partial charge in [0.1, 0.15) is 0 Å². The summed E-state index contributed by atoms with van der Waals surface area (Å²) in [6, 6.07) is 9.63. The van der Waals surface area contributed by atoms with E-state index in [9.17, 15) is 4.79 Å². The topological polar surface area (TPSA) is 29.5 Å². The van der Waals surface area contributed by atoms with E-state index in [4.69, 9.17) is 4.74 Å². The summed E-state index contributed by atoms with van der Waals surface area (Å²) in [5, 5.41) is 0. The van der Waals surface area contributed by atoms with Crippen LogP contribution in [0, 0.1) is 0 Å². The van der Waals surface area contributed by atoms with Crippen LogP contribution in [0.5, 0.6) is 0 Å². The minimum atomic E-state index is -0.417. The van der Waals surface area contributed by atoms with E-state index >= 15 is 0 Å². The fraction of sp³-hybridized carbons (Fsp3) is 0.300. The average Bonchev–Trinajstić information content (AvgIpc) is 2.19. The third-order valence-corrected chi connectivity index (χ3v) is 1.96. The number of thiol groups is 1. The highest BCUT2D eigenvalue weighted by Gasteiger charge is 2.09. The second kappa shape index (κ2) is 5.54. The van der Waals surface area contributed by atoms with Crippen LogP contribution in [0.3, 0.4) is 0 Å². The van der Waals surface area contributed by atoms with Crippen molar-refractivity contribution in [3.8, 4) is 0 Å². The van der Waals surface area contributed by atoms with Crippen LogP contribution in [0.1, 0.15) is 12.5 Å². The summed E-state index contributed by atoms with van der Waals surface area (Å²) in [6.07, 6.45) is -0.417. The van der Waals surface area contributed by atoms with Gasteiger partial charge in [-0.05, 0) is 12.5 Å². The Balaban J connectivity index is 2.49. The molecule has 0 bridgehead atoms. The average molecular weight is 211 g/mol. The highest BCUT2D eigenvalue weighted by atomic mass is 32.1. The summed E-state index contributed by atoms with van der Waals surface area (Å²) >= 11 is 4.03. The van der Waals surface area contributed by atoms with Gasteiger partial charge in [0.05, 0.1) is 13.2 Å². The smallest absolute Gasteiger partial charge is 0.419 e. The monoisotopic (exact) mass is 211 g/mol. The standard InChI is InChI=1S/C10H13NO2S/c1-2-13-10(12)11(14)8-9-6-4-3-5-7-9/h3-7,14H,2,8H2,1H3. The van der Waals surface area contributed by atoms with Crippen molar-refractivity contribution < 1.29 is 9.53 Å². The lowest BCUT2D eigenvalue weighted by Gasteiger charge is -2.14. The molecule has 1 aromatic carbocycles. The summed E-state index contributed by atoms with van der Waals surface area (Å²) in [4.78, 5) is 11.2. The highest BCUT2D eigenvalue weighted by molar-refractivity contribution is 7.78. The van der Waals surface area contributed by atoms with Crippen molar-refractivity contribution in [3.05, 3.63) is 35.9 Å². The molecule has 1 amide bonds. The Morgan fingerprint density at radius 3 is 2.64 bits per heavy atom. The number of carbonyl (C=O) groups is 1.